The van der Waals surface area contributed by atoms with Crippen molar-refractivity contribution >= 4 is 0 Å². The van der Waals surface area contributed by atoms with Gasteiger partial charge in [-0.1, -0.05) is 6.07 Å². The number of aryl methyl sites for hydroxylation is 4. The van der Waals surface area contributed by atoms with Crippen molar-refractivity contribution in [3.8, 4) is 5.75 Å². The van der Waals surface area contributed by atoms with Gasteiger partial charge in [0, 0.05) is 24.4 Å². The molecule has 0 aliphatic heterocycles. The molecule has 0 aliphatic carbocycles. The van der Waals surface area contributed by atoms with Crippen LogP contribution in [-0.4, -0.2) is 16.9 Å². The van der Waals surface area contributed by atoms with Gasteiger partial charge in [-0.3, -0.25) is 10.5 Å². The SMILES string of the molecule is COc1cc(C)cc(C)c1C(NN)c1cn(C)nc1C. The van der Waals surface area contributed by atoms with Gasteiger partial charge >= 0.3 is 0 Å². The molecule has 108 valence electrons. The summed E-state index contributed by atoms with van der Waals surface area (Å²) < 4.78 is 7.33. The van der Waals surface area contributed by atoms with Crippen molar-refractivity contribution in [1.82, 2.24) is 15.2 Å². The molecular formula is C15H22N4O. The molecule has 1 unspecified atom stereocenters. The highest BCUT2D eigenvalue weighted by Crippen LogP contribution is 2.34. The lowest BCUT2D eigenvalue weighted by Gasteiger charge is -2.21. The Bertz CT molecular complexity index is 619. The zero-order chi connectivity index (χ0) is 14.9. The van der Waals surface area contributed by atoms with Crippen molar-refractivity contribution in [3.63, 3.8) is 0 Å². The number of hydrogen-bond donors (Lipinski definition) is 2. The fourth-order valence-corrected chi connectivity index (χ4v) is 2.71. The third-order valence-electron chi connectivity index (χ3n) is 3.53. The Morgan fingerprint density at radius 2 is 2.00 bits per heavy atom. The minimum Gasteiger partial charge on any atom is -0.496 e. The highest BCUT2D eigenvalue weighted by atomic mass is 16.5. The van der Waals surface area contributed by atoms with Gasteiger partial charge in [0.25, 0.3) is 0 Å². The second-order valence-electron chi connectivity index (χ2n) is 5.14. The molecule has 5 nitrogen and oxygen atoms in total. The van der Waals surface area contributed by atoms with Crippen LogP contribution in [-0.2, 0) is 7.05 Å². The molecule has 0 saturated carbocycles. The molecule has 0 bridgehead atoms. The topological polar surface area (TPSA) is 65.1 Å². The Morgan fingerprint density at radius 1 is 1.30 bits per heavy atom. The van der Waals surface area contributed by atoms with E-state index < -0.39 is 0 Å². The lowest BCUT2D eigenvalue weighted by Crippen LogP contribution is -2.30. The van der Waals surface area contributed by atoms with E-state index in [1.54, 1.807) is 11.8 Å². The molecule has 20 heavy (non-hydrogen) atoms. The predicted molar refractivity (Wildman–Crippen MR) is 79.6 cm³/mol. The van der Waals surface area contributed by atoms with Crippen LogP contribution in [0.15, 0.2) is 18.3 Å². The van der Waals surface area contributed by atoms with Crippen LogP contribution >= 0.6 is 0 Å². The van der Waals surface area contributed by atoms with Crippen molar-refractivity contribution in [2.45, 2.75) is 26.8 Å². The van der Waals surface area contributed by atoms with Gasteiger partial charge in [-0.2, -0.15) is 5.10 Å². The summed E-state index contributed by atoms with van der Waals surface area (Å²) in [6.45, 7) is 6.11. The van der Waals surface area contributed by atoms with E-state index in [1.807, 2.05) is 26.2 Å². The molecule has 3 N–H and O–H groups in total. The molecular weight excluding hydrogens is 252 g/mol. The maximum Gasteiger partial charge on any atom is 0.124 e. The Morgan fingerprint density at radius 3 is 2.50 bits per heavy atom. The van der Waals surface area contributed by atoms with Gasteiger partial charge in [-0.05, 0) is 38.0 Å². The number of nitrogens with zero attached hydrogens (tertiary/aromatic N) is 2. The van der Waals surface area contributed by atoms with E-state index in [1.165, 1.54) is 5.56 Å². The average Bonchev–Trinajstić information content (AvgIpc) is 2.71. The molecule has 1 aromatic carbocycles. The van der Waals surface area contributed by atoms with Crippen LogP contribution in [0, 0.1) is 20.8 Å². The standard InChI is InChI=1S/C15H22N4O/c1-9-6-10(2)14(13(7-9)20-5)15(17-16)12-8-19(4)18-11(12)3/h6-8,15,17H,16H2,1-5H3. The van der Waals surface area contributed by atoms with E-state index in [4.69, 9.17) is 10.6 Å². The first-order valence-corrected chi connectivity index (χ1v) is 6.59. The molecule has 2 aromatic rings. The van der Waals surface area contributed by atoms with Gasteiger partial charge < -0.3 is 4.74 Å². The summed E-state index contributed by atoms with van der Waals surface area (Å²) >= 11 is 0. The molecule has 0 saturated heterocycles. The molecule has 1 aromatic heterocycles. The van der Waals surface area contributed by atoms with Gasteiger partial charge in [0.2, 0.25) is 0 Å². The van der Waals surface area contributed by atoms with Crippen LogP contribution in [0.3, 0.4) is 0 Å². The summed E-state index contributed by atoms with van der Waals surface area (Å²) in [5.41, 5.74) is 8.27. The van der Waals surface area contributed by atoms with Crippen LogP contribution < -0.4 is 16.0 Å². The minimum absolute atomic E-state index is 0.140. The maximum absolute atomic E-state index is 5.80. The van der Waals surface area contributed by atoms with Crippen molar-refractivity contribution in [1.29, 1.82) is 0 Å². The summed E-state index contributed by atoms with van der Waals surface area (Å²) in [4.78, 5) is 0. The zero-order valence-electron chi connectivity index (χ0n) is 12.7. The number of hydrogen-bond acceptors (Lipinski definition) is 4. The Hall–Kier alpha value is -1.85. The smallest absolute Gasteiger partial charge is 0.124 e. The summed E-state index contributed by atoms with van der Waals surface area (Å²) in [5.74, 6) is 6.64. The lowest BCUT2D eigenvalue weighted by atomic mass is 9.93. The zero-order valence-corrected chi connectivity index (χ0v) is 12.7. The van der Waals surface area contributed by atoms with E-state index in [2.05, 4.69) is 30.4 Å². The van der Waals surface area contributed by atoms with Gasteiger partial charge in [0.15, 0.2) is 0 Å². The fraction of sp³-hybridized carbons (Fsp3) is 0.400. The molecule has 2 rings (SSSR count). The number of hydrazine groups is 1. The number of aromatic nitrogens is 2. The van der Waals surface area contributed by atoms with Gasteiger partial charge in [0.1, 0.15) is 5.75 Å². The van der Waals surface area contributed by atoms with Crippen LogP contribution in [0.5, 0.6) is 5.75 Å². The van der Waals surface area contributed by atoms with Crippen LogP contribution in [0.4, 0.5) is 0 Å². The number of benzene rings is 1. The monoisotopic (exact) mass is 274 g/mol. The van der Waals surface area contributed by atoms with Crippen molar-refractivity contribution in [2.24, 2.45) is 12.9 Å². The number of methoxy groups -OCH3 is 1. The van der Waals surface area contributed by atoms with E-state index in [0.717, 1.165) is 28.1 Å². The predicted octanol–water partition coefficient (Wildman–Crippen LogP) is 1.91. The molecule has 1 heterocycles. The van der Waals surface area contributed by atoms with Crippen molar-refractivity contribution < 1.29 is 4.74 Å². The van der Waals surface area contributed by atoms with E-state index in [-0.39, 0.29) is 6.04 Å². The molecule has 5 heteroatoms. The first-order valence-electron chi connectivity index (χ1n) is 6.59. The Labute approximate surface area is 119 Å². The molecule has 0 aliphatic rings. The molecule has 0 amide bonds. The minimum atomic E-state index is -0.140. The van der Waals surface area contributed by atoms with E-state index >= 15 is 0 Å². The first kappa shape index (κ1) is 14.6. The largest absolute Gasteiger partial charge is 0.496 e. The number of rotatable bonds is 4. The van der Waals surface area contributed by atoms with Crippen LogP contribution in [0.25, 0.3) is 0 Å². The second kappa shape index (κ2) is 5.64. The van der Waals surface area contributed by atoms with Crippen LogP contribution in [0.2, 0.25) is 0 Å². The normalized spacial score (nSPS) is 12.5. The maximum atomic E-state index is 5.80. The number of nitrogens with two attached hydrogens (primary N) is 1. The third-order valence-corrected chi connectivity index (χ3v) is 3.53. The highest BCUT2D eigenvalue weighted by Gasteiger charge is 2.23. The van der Waals surface area contributed by atoms with Gasteiger partial charge in [-0.15, -0.1) is 0 Å². The number of ether oxygens (including phenoxy) is 1. The average molecular weight is 274 g/mol. The molecule has 0 spiro atoms. The summed E-state index contributed by atoms with van der Waals surface area (Å²) in [7, 11) is 3.59. The summed E-state index contributed by atoms with van der Waals surface area (Å²) in [5, 5.41) is 4.39. The Kier molecular flexibility index (Phi) is 4.11. The molecule has 0 fully saturated rings. The summed E-state index contributed by atoms with van der Waals surface area (Å²) in [6.07, 6.45) is 1.98. The van der Waals surface area contributed by atoms with E-state index in [9.17, 15) is 0 Å². The number of nitrogens with one attached hydrogen (secondary N) is 1. The van der Waals surface area contributed by atoms with Gasteiger partial charge in [-0.25, -0.2) is 5.43 Å². The lowest BCUT2D eigenvalue weighted by molar-refractivity contribution is 0.403. The summed E-state index contributed by atoms with van der Waals surface area (Å²) in [6, 6.07) is 4.02. The molecule has 1 atom stereocenters. The third kappa shape index (κ3) is 2.55. The van der Waals surface area contributed by atoms with Crippen LogP contribution in [0.1, 0.15) is 34.0 Å². The molecule has 0 radical (unpaired) electrons. The van der Waals surface area contributed by atoms with Crippen molar-refractivity contribution in [3.05, 3.63) is 46.3 Å². The second-order valence-corrected chi connectivity index (χ2v) is 5.14. The quantitative estimate of drug-likeness (QED) is 0.660. The highest BCUT2D eigenvalue weighted by molar-refractivity contribution is 5.48. The first-order chi connectivity index (χ1) is 9.47. The van der Waals surface area contributed by atoms with Crippen molar-refractivity contribution in [2.75, 3.05) is 7.11 Å². The fourth-order valence-electron chi connectivity index (χ4n) is 2.71. The van der Waals surface area contributed by atoms with Gasteiger partial charge in [0.05, 0.1) is 18.8 Å². The van der Waals surface area contributed by atoms with E-state index in [0.29, 0.717) is 0 Å². The Balaban J connectivity index is 2.60.